The van der Waals surface area contributed by atoms with Gasteiger partial charge in [0, 0.05) is 38.6 Å². The molecule has 0 atom stereocenters. The van der Waals surface area contributed by atoms with Crippen LogP contribution in [0.3, 0.4) is 0 Å². The molecule has 0 bridgehead atoms. The molecule has 0 aromatic carbocycles. The van der Waals surface area contributed by atoms with E-state index in [1.54, 1.807) is 12.4 Å². The molecule has 2 amide bonds. The fraction of sp³-hybridized carbons (Fsp3) is 0.667. The molecule has 0 spiro atoms. The van der Waals surface area contributed by atoms with E-state index in [1.165, 1.54) is 32.2 Å². The molecule has 1 saturated heterocycles. The predicted octanol–water partition coefficient (Wildman–Crippen LogP) is 1.67. The number of ether oxygens (including phenoxy) is 1. The molecule has 2 heterocycles. The Balaban J connectivity index is 1.35. The van der Waals surface area contributed by atoms with Crippen molar-refractivity contribution in [2.24, 2.45) is 0 Å². The maximum absolute atomic E-state index is 11.6. The lowest BCUT2D eigenvalue weighted by molar-refractivity contribution is 0.0371. The maximum atomic E-state index is 11.6. The fourth-order valence-corrected chi connectivity index (χ4v) is 2.78. The van der Waals surface area contributed by atoms with Gasteiger partial charge in [0.05, 0.1) is 13.2 Å². The maximum Gasteiger partial charge on any atom is 0.329 e. The van der Waals surface area contributed by atoms with E-state index >= 15 is 0 Å². The number of carbonyl (C=O) groups is 1. The molecular formula is C18H31N5O2. The zero-order valence-corrected chi connectivity index (χ0v) is 15.0. The molecular weight excluding hydrogens is 318 g/mol. The molecule has 7 heteroatoms. The van der Waals surface area contributed by atoms with Crippen LogP contribution in [0.5, 0.6) is 0 Å². The molecule has 1 aromatic heterocycles. The summed E-state index contributed by atoms with van der Waals surface area (Å²) in [7, 11) is 0. The largest absolute Gasteiger partial charge is 0.379 e. The first-order chi connectivity index (χ1) is 12.3. The second-order valence-electron chi connectivity index (χ2n) is 6.32. The number of morpholine rings is 1. The van der Waals surface area contributed by atoms with Crippen LogP contribution < -0.4 is 16.2 Å². The van der Waals surface area contributed by atoms with Gasteiger partial charge in [-0.15, -0.1) is 0 Å². The Bertz CT molecular complexity index is 466. The van der Waals surface area contributed by atoms with Crippen molar-refractivity contribution in [1.82, 2.24) is 26.1 Å². The van der Waals surface area contributed by atoms with Gasteiger partial charge in [-0.2, -0.15) is 0 Å². The average molecular weight is 349 g/mol. The van der Waals surface area contributed by atoms with Crippen LogP contribution in [-0.4, -0.2) is 55.3 Å². The molecule has 0 saturated carbocycles. The zero-order chi connectivity index (χ0) is 17.6. The summed E-state index contributed by atoms with van der Waals surface area (Å²) in [4.78, 5) is 18.1. The highest BCUT2D eigenvalue weighted by atomic mass is 16.5. The minimum atomic E-state index is -0.214. The normalized spacial score (nSPS) is 15.0. The Labute approximate surface area is 150 Å². The summed E-state index contributed by atoms with van der Waals surface area (Å²) in [6.07, 6.45) is 9.51. The Morgan fingerprint density at radius 2 is 1.96 bits per heavy atom. The monoisotopic (exact) mass is 349 g/mol. The number of hydrazine groups is 1. The highest BCUT2D eigenvalue weighted by Crippen LogP contribution is 2.05. The van der Waals surface area contributed by atoms with Crippen molar-refractivity contribution in [3.8, 4) is 0 Å². The quantitative estimate of drug-likeness (QED) is 0.418. The van der Waals surface area contributed by atoms with Gasteiger partial charge in [-0.25, -0.2) is 10.2 Å². The zero-order valence-electron chi connectivity index (χ0n) is 15.0. The Morgan fingerprint density at radius 1 is 1.16 bits per heavy atom. The van der Waals surface area contributed by atoms with Gasteiger partial charge in [0.1, 0.15) is 0 Å². The second-order valence-corrected chi connectivity index (χ2v) is 6.32. The number of nitrogens with one attached hydrogen (secondary N) is 3. The van der Waals surface area contributed by atoms with Crippen LogP contribution in [0, 0.1) is 0 Å². The number of urea groups is 1. The van der Waals surface area contributed by atoms with E-state index in [-0.39, 0.29) is 6.03 Å². The van der Waals surface area contributed by atoms with Crippen LogP contribution in [0.4, 0.5) is 4.79 Å². The van der Waals surface area contributed by atoms with Crippen LogP contribution in [0.15, 0.2) is 24.5 Å². The van der Waals surface area contributed by atoms with Gasteiger partial charge in [-0.3, -0.25) is 15.3 Å². The van der Waals surface area contributed by atoms with Crippen molar-refractivity contribution in [3.63, 3.8) is 0 Å². The highest BCUT2D eigenvalue weighted by molar-refractivity contribution is 5.73. The number of carbonyl (C=O) groups excluding carboxylic acids is 1. The van der Waals surface area contributed by atoms with Gasteiger partial charge in [-0.1, -0.05) is 25.3 Å². The first-order valence-electron chi connectivity index (χ1n) is 9.30. The second kappa shape index (κ2) is 12.6. The van der Waals surface area contributed by atoms with E-state index in [9.17, 15) is 4.79 Å². The summed E-state index contributed by atoms with van der Waals surface area (Å²) >= 11 is 0. The Morgan fingerprint density at radius 3 is 2.76 bits per heavy atom. The Kier molecular flexibility index (Phi) is 9.92. The van der Waals surface area contributed by atoms with Gasteiger partial charge < -0.3 is 10.1 Å². The van der Waals surface area contributed by atoms with E-state index in [1.807, 2.05) is 12.1 Å². The summed E-state index contributed by atoms with van der Waals surface area (Å²) < 4.78 is 5.35. The van der Waals surface area contributed by atoms with Crippen molar-refractivity contribution >= 4 is 6.03 Å². The summed E-state index contributed by atoms with van der Waals surface area (Å²) in [6.45, 7) is 6.40. The number of hydrogen-bond acceptors (Lipinski definition) is 5. The van der Waals surface area contributed by atoms with Crippen molar-refractivity contribution in [1.29, 1.82) is 0 Å². The van der Waals surface area contributed by atoms with Crippen molar-refractivity contribution < 1.29 is 9.53 Å². The van der Waals surface area contributed by atoms with Crippen LogP contribution in [0.2, 0.25) is 0 Å². The molecule has 7 nitrogen and oxygen atoms in total. The number of hydrogen-bond donors (Lipinski definition) is 3. The van der Waals surface area contributed by atoms with Gasteiger partial charge in [0.25, 0.3) is 0 Å². The number of nitrogens with zero attached hydrogens (tertiary/aromatic N) is 2. The van der Waals surface area contributed by atoms with Crippen LogP contribution in [0.1, 0.15) is 37.7 Å². The lowest BCUT2D eigenvalue weighted by Crippen LogP contribution is -2.44. The third-order valence-electron chi connectivity index (χ3n) is 4.26. The lowest BCUT2D eigenvalue weighted by Gasteiger charge is -2.26. The number of aromatic nitrogens is 1. The summed E-state index contributed by atoms with van der Waals surface area (Å²) in [6, 6.07) is 3.57. The molecule has 1 aliphatic heterocycles. The summed E-state index contributed by atoms with van der Waals surface area (Å²) in [5.41, 5.74) is 6.60. The van der Waals surface area contributed by atoms with Crippen molar-refractivity contribution in [2.45, 2.75) is 38.6 Å². The average Bonchev–Trinajstić information content (AvgIpc) is 2.66. The third-order valence-corrected chi connectivity index (χ3v) is 4.26. The molecule has 1 aromatic rings. The summed E-state index contributed by atoms with van der Waals surface area (Å²) in [5.74, 6) is 0. The number of amides is 2. The van der Waals surface area contributed by atoms with E-state index in [4.69, 9.17) is 4.74 Å². The van der Waals surface area contributed by atoms with Crippen LogP contribution in [0.25, 0.3) is 0 Å². The SMILES string of the molecule is O=C(NCc1cccnc1)NNCCCCCCCN1CCOCC1. The lowest BCUT2D eigenvalue weighted by atomic mass is 10.1. The van der Waals surface area contributed by atoms with E-state index in [0.717, 1.165) is 44.8 Å². The summed E-state index contributed by atoms with van der Waals surface area (Å²) in [5, 5.41) is 2.78. The first kappa shape index (κ1) is 19.6. The van der Waals surface area contributed by atoms with Gasteiger partial charge in [0.2, 0.25) is 0 Å². The molecule has 0 radical (unpaired) electrons. The minimum Gasteiger partial charge on any atom is -0.379 e. The third kappa shape index (κ3) is 9.38. The minimum absolute atomic E-state index is 0.214. The Hall–Kier alpha value is -1.70. The smallest absolute Gasteiger partial charge is 0.329 e. The molecule has 0 aliphatic carbocycles. The fourth-order valence-electron chi connectivity index (χ4n) is 2.78. The van der Waals surface area contributed by atoms with E-state index in [0.29, 0.717) is 6.54 Å². The predicted molar refractivity (Wildman–Crippen MR) is 98.0 cm³/mol. The molecule has 1 aliphatic rings. The van der Waals surface area contributed by atoms with Gasteiger partial charge >= 0.3 is 6.03 Å². The molecule has 2 rings (SSSR count). The van der Waals surface area contributed by atoms with Crippen molar-refractivity contribution in [3.05, 3.63) is 30.1 Å². The molecule has 1 fully saturated rings. The van der Waals surface area contributed by atoms with Crippen molar-refractivity contribution in [2.75, 3.05) is 39.4 Å². The van der Waals surface area contributed by atoms with E-state index in [2.05, 4.69) is 26.1 Å². The molecule has 0 unspecified atom stereocenters. The van der Waals surface area contributed by atoms with E-state index < -0.39 is 0 Å². The first-order valence-corrected chi connectivity index (χ1v) is 9.30. The molecule has 25 heavy (non-hydrogen) atoms. The molecule has 3 N–H and O–H groups in total. The number of unbranched alkanes of at least 4 members (excludes halogenated alkanes) is 4. The van der Waals surface area contributed by atoms with Gasteiger partial charge in [-0.05, 0) is 31.0 Å². The van der Waals surface area contributed by atoms with Gasteiger partial charge in [0.15, 0.2) is 0 Å². The highest BCUT2D eigenvalue weighted by Gasteiger charge is 2.08. The van der Waals surface area contributed by atoms with Crippen LogP contribution in [-0.2, 0) is 11.3 Å². The molecule has 140 valence electrons. The standard InChI is InChI=1S/C18H31N5O2/c24-18(20-16-17-7-6-8-19-15-17)22-21-9-4-2-1-3-5-10-23-11-13-25-14-12-23/h6-8,15,21H,1-5,9-14,16H2,(H2,20,22,24). The number of rotatable bonds is 11. The number of pyridine rings is 1. The van der Waals surface area contributed by atoms with Crippen LogP contribution >= 0.6 is 0 Å². The topological polar surface area (TPSA) is 78.5 Å².